The van der Waals surface area contributed by atoms with Crippen LogP contribution in [0, 0.1) is 5.41 Å². The van der Waals surface area contributed by atoms with E-state index < -0.39 is 0 Å². The molecule has 0 aromatic heterocycles. The zero-order valence-electron chi connectivity index (χ0n) is 11.0. The number of hydrogen-bond donors (Lipinski definition) is 1. The fraction of sp³-hybridized carbons (Fsp3) is 0.923. The van der Waals surface area contributed by atoms with Gasteiger partial charge in [-0.25, -0.2) is 0 Å². The van der Waals surface area contributed by atoms with Crippen LogP contribution in [0.2, 0.25) is 0 Å². The van der Waals surface area contributed by atoms with Gasteiger partial charge in [-0.3, -0.25) is 4.79 Å². The molecule has 2 N–H and O–H groups in total. The van der Waals surface area contributed by atoms with Gasteiger partial charge in [-0.2, -0.15) is 0 Å². The lowest BCUT2D eigenvalue weighted by Crippen LogP contribution is -2.50. The number of nitrogens with two attached hydrogens (primary N) is 1. The van der Waals surface area contributed by atoms with Crippen LogP contribution in [0.1, 0.15) is 32.6 Å². The first-order chi connectivity index (χ1) is 8.19. The molecule has 1 aliphatic carbocycles. The van der Waals surface area contributed by atoms with Crippen molar-refractivity contribution in [2.75, 3.05) is 39.3 Å². The van der Waals surface area contributed by atoms with Crippen molar-refractivity contribution in [2.45, 2.75) is 32.6 Å². The second kappa shape index (κ2) is 5.36. The molecule has 1 aliphatic heterocycles. The van der Waals surface area contributed by atoms with E-state index in [9.17, 15) is 4.79 Å². The quantitative estimate of drug-likeness (QED) is 0.784. The number of piperazine rings is 1. The summed E-state index contributed by atoms with van der Waals surface area (Å²) in [6.07, 6.45) is 4.21. The van der Waals surface area contributed by atoms with Crippen LogP contribution in [-0.4, -0.2) is 55.0 Å². The van der Waals surface area contributed by atoms with E-state index in [2.05, 4.69) is 11.8 Å². The van der Waals surface area contributed by atoms with Crippen LogP contribution in [0.4, 0.5) is 0 Å². The molecule has 4 heteroatoms. The number of rotatable bonds is 4. The van der Waals surface area contributed by atoms with Crippen LogP contribution in [0.3, 0.4) is 0 Å². The zero-order chi connectivity index (χ0) is 12.3. The molecule has 0 atom stereocenters. The monoisotopic (exact) mass is 239 g/mol. The highest BCUT2D eigenvalue weighted by atomic mass is 16.2. The van der Waals surface area contributed by atoms with Gasteiger partial charge in [0.2, 0.25) is 5.91 Å². The Morgan fingerprint density at radius 3 is 2.29 bits per heavy atom. The smallest absolute Gasteiger partial charge is 0.223 e. The lowest BCUT2D eigenvalue weighted by atomic mass is 9.66. The van der Waals surface area contributed by atoms with Crippen molar-refractivity contribution >= 4 is 5.91 Å². The largest absolute Gasteiger partial charge is 0.340 e. The van der Waals surface area contributed by atoms with E-state index in [1.165, 1.54) is 6.42 Å². The maximum atomic E-state index is 12.2. The lowest BCUT2D eigenvalue weighted by Gasteiger charge is -2.42. The Morgan fingerprint density at radius 2 is 1.88 bits per heavy atom. The van der Waals surface area contributed by atoms with Gasteiger partial charge >= 0.3 is 0 Å². The number of likely N-dealkylation sites (N-methyl/N-ethyl adjacent to an activating group) is 1. The van der Waals surface area contributed by atoms with Gasteiger partial charge in [0, 0.05) is 32.6 Å². The van der Waals surface area contributed by atoms with E-state index in [-0.39, 0.29) is 5.41 Å². The molecule has 2 aliphatic rings. The molecule has 98 valence electrons. The highest BCUT2D eigenvalue weighted by Crippen LogP contribution is 2.43. The fourth-order valence-corrected chi connectivity index (χ4v) is 2.88. The van der Waals surface area contributed by atoms with Gasteiger partial charge in [0.15, 0.2) is 0 Å². The molecule has 1 saturated carbocycles. The predicted molar refractivity (Wildman–Crippen MR) is 68.6 cm³/mol. The summed E-state index contributed by atoms with van der Waals surface area (Å²) in [6.45, 7) is 7.79. The van der Waals surface area contributed by atoms with Crippen molar-refractivity contribution in [2.24, 2.45) is 11.1 Å². The van der Waals surface area contributed by atoms with Crippen molar-refractivity contribution in [3.05, 3.63) is 0 Å². The molecule has 4 nitrogen and oxygen atoms in total. The third-order valence-corrected chi connectivity index (χ3v) is 4.55. The first-order valence-electron chi connectivity index (χ1n) is 6.89. The summed E-state index contributed by atoms with van der Waals surface area (Å²) in [7, 11) is 0. The average molecular weight is 239 g/mol. The molecule has 0 aromatic rings. The Bertz CT molecular complexity index is 262. The summed E-state index contributed by atoms with van der Waals surface area (Å²) in [5.74, 6) is 0.325. The lowest BCUT2D eigenvalue weighted by molar-refractivity contribution is -0.136. The number of hydrogen-bond acceptors (Lipinski definition) is 3. The fourth-order valence-electron chi connectivity index (χ4n) is 2.88. The van der Waals surface area contributed by atoms with Crippen molar-refractivity contribution in [1.29, 1.82) is 0 Å². The number of amides is 1. The van der Waals surface area contributed by atoms with Gasteiger partial charge in [0.1, 0.15) is 0 Å². The first-order valence-corrected chi connectivity index (χ1v) is 6.89. The Labute approximate surface area is 104 Å². The van der Waals surface area contributed by atoms with Crippen LogP contribution in [0.5, 0.6) is 0 Å². The number of carbonyl (C=O) groups excluding carboxylic acids is 1. The molecular formula is C13H25N3O. The van der Waals surface area contributed by atoms with E-state index in [0.29, 0.717) is 18.9 Å². The first kappa shape index (κ1) is 12.8. The maximum Gasteiger partial charge on any atom is 0.223 e. The zero-order valence-corrected chi connectivity index (χ0v) is 11.0. The minimum absolute atomic E-state index is 0.152. The Kier molecular flexibility index (Phi) is 4.05. The summed E-state index contributed by atoms with van der Waals surface area (Å²) < 4.78 is 0. The predicted octanol–water partition coefficient (Wildman–Crippen LogP) is 0.670. The molecule has 0 unspecified atom stereocenters. The van der Waals surface area contributed by atoms with Crippen LogP contribution < -0.4 is 5.73 Å². The van der Waals surface area contributed by atoms with Gasteiger partial charge in [-0.05, 0) is 31.3 Å². The molecule has 0 bridgehead atoms. The van der Waals surface area contributed by atoms with Gasteiger partial charge in [-0.1, -0.05) is 13.3 Å². The molecule has 0 aromatic carbocycles. The highest BCUT2D eigenvalue weighted by molar-refractivity contribution is 5.77. The molecule has 1 amide bonds. The van der Waals surface area contributed by atoms with Crippen LogP contribution in [-0.2, 0) is 4.79 Å². The highest BCUT2D eigenvalue weighted by Gasteiger charge is 2.38. The van der Waals surface area contributed by atoms with Crippen LogP contribution in [0.15, 0.2) is 0 Å². The molecule has 0 spiro atoms. The molecular weight excluding hydrogens is 214 g/mol. The maximum absolute atomic E-state index is 12.2. The van der Waals surface area contributed by atoms with Crippen molar-refractivity contribution in [3.8, 4) is 0 Å². The molecule has 17 heavy (non-hydrogen) atoms. The van der Waals surface area contributed by atoms with Crippen LogP contribution >= 0.6 is 0 Å². The van der Waals surface area contributed by atoms with Crippen LogP contribution in [0.25, 0.3) is 0 Å². The van der Waals surface area contributed by atoms with E-state index in [4.69, 9.17) is 5.73 Å². The topological polar surface area (TPSA) is 49.6 Å². The minimum atomic E-state index is 0.152. The Hall–Kier alpha value is -0.610. The molecule has 1 saturated heterocycles. The van der Waals surface area contributed by atoms with E-state index in [0.717, 1.165) is 45.6 Å². The Morgan fingerprint density at radius 1 is 1.24 bits per heavy atom. The summed E-state index contributed by atoms with van der Waals surface area (Å²) >= 11 is 0. The van der Waals surface area contributed by atoms with Crippen molar-refractivity contribution < 1.29 is 4.79 Å². The second-order valence-electron chi connectivity index (χ2n) is 5.55. The third kappa shape index (κ3) is 2.80. The van der Waals surface area contributed by atoms with Gasteiger partial charge < -0.3 is 15.5 Å². The SMILES string of the molecule is CCN1CCN(C(=O)CC2(CN)CCC2)CC1. The van der Waals surface area contributed by atoms with E-state index >= 15 is 0 Å². The number of carbonyl (C=O) groups is 1. The minimum Gasteiger partial charge on any atom is -0.340 e. The normalized spacial score (nSPS) is 24.5. The summed E-state index contributed by atoms with van der Waals surface area (Å²) in [5, 5.41) is 0. The molecule has 2 rings (SSSR count). The second-order valence-corrected chi connectivity index (χ2v) is 5.55. The summed E-state index contributed by atoms with van der Waals surface area (Å²) in [5.41, 5.74) is 5.96. The molecule has 2 fully saturated rings. The van der Waals surface area contributed by atoms with E-state index in [1.807, 2.05) is 4.90 Å². The summed E-state index contributed by atoms with van der Waals surface area (Å²) in [6, 6.07) is 0. The molecule has 0 radical (unpaired) electrons. The Balaban J connectivity index is 1.80. The summed E-state index contributed by atoms with van der Waals surface area (Å²) in [4.78, 5) is 16.6. The van der Waals surface area contributed by atoms with E-state index in [1.54, 1.807) is 0 Å². The van der Waals surface area contributed by atoms with Crippen molar-refractivity contribution in [3.63, 3.8) is 0 Å². The standard InChI is InChI=1S/C13H25N3O/c1-2-15-6-8-16(9-7-15)12(17)10-13(11-14)4-3-5-13/h2-11,14H2,1H3. The number of nitrogens with zero attached hydrogens (tertiary/aromatic N) is 2. The van der Waals surface area contributed by atoms with Gasteiger partial charge in [-0.15, -0.1) is 0 Å². The van der Waals surface area contributed by atoms with Gasteiger partial charge in [0.25, 0.3) is 0 Å². The third-order valence-electron chi connectivity index (χ3n) is 4.55. The molecule has 1 heterocycles. The van der Waals surface area contributed by atoms with Gasteiger partial charge in [0.05, 0.1) is 0 Å². The average Bonchev–Trinajstić information content (AvgIpc) is 2.33. The van der Waals surface area contributed by atoms with Crippen molar-refractivity contribution in [1.82, 2.24) is 9.80 Å².